The number of nitrogens with two attached hydrogens (primary N) is 1. The van der Waals surface area contributed by atoms with Crippen molar-refractivity contribution in [1.82, 2.24) is 4.90 Å². The molecule has 0 spiro atoms. The van der Waals surface area contributed by atoms with Crippen LogP contribution in [-0.2, 0) is 0 Å². The van der Waals surface area contributed by atoms with E-state index in [0.717, 1.165) is 31.2 Å². The molecule has 0 radical (unpaired) electrons. The summed E-state index contributed by atoms with van der Waals surface area (Å²) in [5.74, 6) is 0.831. The van der Waals surface area contributed by atoms with E-state index in [1.807, 2.05) is 17.8 Å². The molecule has 1 saturated heterocycles. The Bertz CT molecular complexity index is 852. The van der Waals surface area contributed by atoms with Gasteiger partial charge in [-0.15, -0.1) is 0 Å². The van der Waals surface area contributed by atoms with Crippen molar-refractivity contribution in [3.8, 4) is 0 Å². The molecular formula is C23H28N4S. The first-order chi connectivity index (χ1) is 13.8. The van der Waals surface area contributed by atoms with Crippen LogP contribution in [0.25, 0.3) is 4.85 Å². The summed E-state index contributed by atoms with van der Waals surface area (Å²) in [7, 11) is 0. The highest BCUT2D eigenvalue weighted by molar-refractivity contribution is 7.99. The lowest BCUT2D eigenvalue weighted by Crippen LogP contribution is -2.37. The molecule has 2 aromatic carbocycles. The molecule has 2 aliphatic rings. The molecule has 0 amide bonds. The third-order valence-corrected chi connectivity index (χ3v) is 7.02. The maximum atomic E-state index is 7.38. The third-order valence-electron chi connectivity index (χ3n) is 5.88. The Labute approximate surface area is 172 Å². The summed E-state index contributed by atoms with van der Waals surface area (Å²) in [6, 6.07) is 14.7. The minimum atomic E-state index is 0.719. The quantitative estimate of drug-likeness (QED) is 0.678. The number of benzene rings is 2. The molecule has 2 aromatic rings. The molecule has 0 unspecified atom stereocenters. The Morgan fingerprint density at radius 1 is 1.04 bits per heavy atom. The maximum absolute atomic E-state index is 7.38. The number of hydrogen-bond donors (Lipinski definition) is 1. The minimum absolute atomic E-state index is 0.719. The van der Waals surface area contributed by atoms with Gasteiger partial charge < -0.3 is 15.5 Å². The van der Waals surface area contributed by atoms with Crippen molar-refractivity contribution < 1.29 is 0 Å². The van der Waals surface area contributed by atoms with Gasteiger partial charge in [0, 0.05) is 35.1 Å². The molecule has 1 fully saturated rings. The van der Waals surface area contributed by atoms with Crippen molar-refractivity contribution in [2.75, 3.05) is 37.6 Å². The van der Waals surface area contributed by atoms with Gasteiger partial charge in [0.2, 0.25) is 0 Å². The number of para-hydroxylation sites is 1. The van der Waals surface area contributed by atoms with Crippen LogP contribution in [0.1, 0.15) is 25.7 Å². The van der Waals surface area contributed by atoms with E-state index in [-0.39, 0.29) is 0 Å². The molecule has 2 aliphatic heterocycles. The van der Waals surface area contributed by atoms with Crippen molar-refractivity contribution in [2.24, 2.45) is 11.7 Å². The van der Waals surface area contributed by atoms with Crippen molar-refractivity contribution in [1.29, 1.82) is 0 Å². The molecule has 0 aromatic heterocycles. The Morgan fingerprint density at radius 3 is 2.61 bits per heavy atom. The Kier molecular flexibility index (Phi) is 6.21. The summed E-state index contributed by atoms with van der Waals surface area (Å²) in [4.78, 5) is 11.1. The number of hydrogen-bond acceptors (Lipinski definition) is 4. The second kappa shape index (κ2) is 9.00. The summed E-state index contributed by atoms with van der Waals surface area (Å²) in [6.07, 6.45) is 5.05. The van der Waals surface area contributed by atoms with Crippen LogP contribution in [0.5, 0.6) is 0 Å². The van der Waals surface area contributed by atoms with E-state index < -0.39 is 0 Å². The van der Waals surface area contributed by atoms with Crippen LogP contribution in [0.2, 0.25) is 0 Å². The van der Waals surface area contributed by atoms with Gasteiger partial charge in [-0.1, -0.05) is 36.0 Å². The Hall–Kier alpha value is -2.00. The summed E-state index contributed by atoms with van der Waals surface area (Å²) in [5.41, 5.74) is 8.87. The van der Waals surface area contributed by atoms with Gasteiger partial charge in [0.25, 0.3) is 0 Å². The lowest BCUT2D eigenvalue weighted by Gasteiger charge is -2.34. The first kappa shape index (κ1) is 19.3. The lowest BCUT2D eigenvalue weighted by atomic mass is 9.92. The fraction of sp³-hybridized carbons (Fsp3) is 0.435. The van der Waals surface area contributed by atoms with Crippen LogP contribution in [0.3, 0.4) is 0 Å². The van der Waals surface area contributed by atoms with E-state index >= 15 is 0 Å². The van der Waals surface area contributed by atoms with Crippen molar-refractivity contribution in [3.63, 3.8) is 0 Å². The van der Waals surface area contributed by atoms with Gasteiger partial charge in [-0.05, 0) is 62.9 Å². The van der Waals surface area contributed by atoms with Gasteiger partial charge in [-0.25, -0.2) is 4.85 Å². The Morgan fingerprint density at radius 2 is 1.82 bits per heavy atom. The molecule has 146 valence electrons. The van der Waals surface area contributed by atoms with E-state index in [4.69, 9.17) is 12.3 Å². The predicted molar refractivity (Wildman–Crippen MR) is 118 cm³/mol. The zero-order chi connectivity index (χ0) is 19.3. The molecule has 0 atom stereocenters. The zero-order valence-electron chi connectivity index (χ0n) is 16.3. The summed E-state index contributed by atoms with van der Waals surface area (Å²) >= 11 is 1.81. The first-order valence-corrected chi connectivity index (χ1v) is 11.1. The molecule has 4 nitrogen and oxygen atoms in total. The van der Waals surface area contributed by atoms with E-state index in [1.165, 1.54) is 59.9 Å². The molecule has 0 bridgehead atoms. The molecule has 28 heavy (non-hydrogen) atoms. The highest BCUT2D eigenvalue weighted by atomic mass is 32.2. The lowest BCUT2D eigenvalue weighted by molar-refractivity contribution is 0.182. The highest BCUT2D eigenvalue weighted by Crippen LogP contribution is 2.49. The minimum Gasteiger partial charge on any atom is -0.341 e. The molecule has 0 aliphatic carbocycles. The summed E-state index contributed by atoms with van der Waals surface area (Å²) in [5, 5.41) is 0. The largest absolute Gasteiger partial charge is 0.341 e. The van der Waals surface area contributed by atoms with Crippen molar-refractivity contribution in [3.05, 3.63) is 53.9 Å². The molecule has 0 saturated carbocycles. The highest BCUT2D eigenvalue weighted by Gasteiger charge is 2.24. The monoisotopic (exact) mass is 392 g/mol. The normalized spacial score (nSPS) is 17.1. The predicted octanol–water partition coefficient (Wildman–Crippen LogP) is 5.29. The number of anilines is 2. The fourth-order valence-electron chi connectivity index (χ4n) is 4.35. The number of rotatable bonds is 6. The smallest absolute Gasteiger partial charge is 0.189 e. The second-order valence-electron chi connectivity index (χ2n) is 7.70. The third kappa shape index (κ3) is 4.20. The molecule has 2 N–H and O–H groups in total. The van der Waals surface area contributed by atoms with Crippen LogP contribution in [0.4, 0.5) is 17.1 Å². The van der Waals surface area contributed by atoms with E-state index in [1.54, 1.807) is 0 Å². The van der Waals surface area contributed by atoms with Gasteiger partial charge in [-0.2, -0.15) is 0 Å². The standard InChI is InChI=1S/C23H28N4S/c1-25-19-8-9-23-21(17-19)27(20-6-2-3-7-22(20)28-23)13-4-5-18-10-14-26(15-11-18)16-12-24/h2-3,6-9,17-18H,4-5,10-16,24H2. The summed E-state index contributed by atoms with van der Waals surface area (Å²) < 4.78 is 0. The molecular weight excluding hydrogens is 364 g/mol. The average Bonchev–Trinajstić information content (AvgIpc) is 2.74. The van der Waals surface area contributed by atoms with Crippen LogP contribution < -0.4 is 10.6 Å². The number of fused-ring (bicyclic) bond motifs is 2. The van der Waals surface area contributed by atoms with Crippen LogP contribution in [0.15, 0.2) is 52.3 Å². The number of piperidine rings is 1. The van der Waals surface area contributed by atoms with Crippen LogP contribution in [0, 0.1) is 12.5 Å². The maximum Gasteiger partial charge on any atom is 0.189 e. The van der Waals surface area contributed by atoms with Gasteiger partial charge in [0.15, 0.2) is 5.69 Å². The van der Waals surface area contributed by atoms with Crippen molar-refractivity contribution >= 4 is 28.8 Å². The molecule has 5 heteroatoms. The Balaban J connectivity index is 1.44. The molecule has 4 rings (SSSR count). The SMILES string of the molecule is [C-]#[N+]c1ccc2c(c1)N(CCCC1CCN(CCN)CC1)c1ccccc1S2. The van der Waals surface area contributed by atoms with Crippen molar-refractivity contribution in [2.45, 2.75) is 35.5 Å². The fourth-order valence-corrected chi connectivity index (χ4v) is 5.42. The van der Waals surface area contributed by atoms with Gasteiger partial charge in [0.1, 0.15) is 0 Å². The number of nitrogens with zero attached hydrogens (tertiary/aromatic N) is 3. The van der Waals surface area contributed by atoms with Gasteiger partial charge in [0.05, 0.1) is 12.3 Å². The van der Waals surface area contributed by atoms with Gasteiger partial charge in [-0.3, -0.25) is 0 Å². The summed E-state index contributed by atoms with van der Waals surface area (Å²) in [6.45, 7) is 12.6. The van der Waals surface area contributed by atoms with Gasteiger partial charge >= 0.3 is 0 Å². The second-order valence-corrected chi connectivity index (χ2v) is 8.78. The zero-order valence-corrected chi connectivity index (χ0v) is 17.1. The molecule has 2 heterocycles. The average molecular weight is 393 g/mol. The first-order valence-electron chi connectivity index (χ1n) is 10.3. The topological polar surface area (TPSA) is 36.9 Å². The van der Waals surface area contributed by atoms with Crippen LogP contribution in [-0.4, -0.2) is 37.6 Å². The number of likely N-dealkylation sites (tertiary alicyclic amines) is 1. The van der Waals surface area contributed by atoms with E-state index in [2.05, 4.69) is 51.0 Å². The van der Waals surface area contributed by atoms with Crippen LogP contribution >= 0.6 is 11.8 Å². The van der Waals surface area contributed by atoms with E-state index in [9.17, 15) is 0 Å². The van der Waals surface area contributed by atoms with E-state index in [0.29, 0.717) is 0 Å².